The third kappa shape index (κ3) is 23.4. The zero-order valence-electron chi connectivity index (χ0n) is 28.9. The van der Waals surface area contributed by atoms with Crippen molar-refractivity contribution in [2.24, 2.45) is 0 Å². The molecule has 0 aliphatic heterocycles. The fourth-order valence-electron chi connectivity index (χ4n) is 6.50. The Balaban J connectivity index is 2.26. The highest BCUT2D eigenvalue weighted by Gasteiger charge is 2.16. The van der Waals surface area contributed by atoms with Crippen molar-refractivity contribution < 1.29 is 4.57 Å². The fourth-order valence-corrected chi connectivity index (χ4v) is 6.50. The quantitative estimate of drug-likeness (QED) is 0.0584. The van der Waals surface area contributed by atoms with Gasteiger partial charge in [-0.05, 0) is 32.1 Å². The van der Waals surface area contributed by atoms with Crippen molar-refractivity contribution in [3.63, 3.8) is 0 Å². The van der Waals surface area contributed by atoms with Gasteiger partial charge in [-0.1, -0.05) is 181 Å². The van der Waals surface area contributed by atoms with Crippen molar-refractivity contribution in [2.75, 3.05) is 0 Å². The van der Waals surface area contributed by atoms with Crippen LogP contribution in [0.3, 0.4) is 0 Å². The summed E-state index contributed by atoms with van der Waals surface area (Å²) >= 11 is 0. The van der Waals surface area contributed by atoms with Crippen LogP contribution < -0.4 is 4.57 Å². The molecule has 0 aliphatic carbocycles. The van der Waals surface area contributed by atoms with Gasteiger partial charge in [0.2, 0.25) is 0 Å². The molecule has 1 aromatic rings. The second-order valence-corrected chi connectivity index (χ2v) is 13.4. The Morgan fingerprint density at radius 3 is 1.17 bits per heavy atom. The van der Waals surface area contributed by atoms with E-state index in [1.807, 2.05) is 0 Å². The third-order valence-electron chi connectivity index (χ3n) is 9.35. The molecule has 0 aliphatic rings. The van der Waals surface area contributed by atoms with E-state index >= 15 is 0 Å². The summed E-state index contributed by atoms with van der Waals surface area (Å²) < 4.78 is 5.26. The summed E-state index contributed by atoms with van der Waals surface area (Å²) in [5.74, 6) is 1.62. The van der Waals surface area contributed by atoms with Gasteiger partial charge in [-0.2, -0.15) is 0 Å². The molecule has 0 unspecified atom stereocenters. The van der Waals surface area contributed by atoms with E-state index in [0.29, 0.717) is 0 Å². The van der Waals surface area contributed by atoms with Gasteiger partial charge in [0.15, 0.2) is 0 Å². The predicted molar refractivity (Wildman–Crippen MR) is 184 cm³/mol. The number of unbranched alkanes of at least 4 members (excludes halogenated alkanes) is 27. The number of hydrogen-bond donors (Lipinski definition) is 0. The Hall–Kier alpha value is -0.790. The zero-order chi connectivity index (χ0) is 29.5. The molecule has 0 fully saturated rings. The Labute approximate surface area is 259 Å². The van der Waals surface area contributed by atoms with Gasteiger partial charge >= 0.3 is 0 Å². The molecule has 0 saturated carbocycles. The molecule has 0 bridgehead atoms. The Bertz CT molecular complexity index is 634. The highest BCUT2D eigenvalue weighted by Crippen LogP contribution is 2.15. The molecule has 0 N–H and O–H groups in total. The van der Waals surface area contributed by atoms with E-state index in [0.717, 1.165) is 0 Å². The first-order chi connectivity index (χ1) is 20.3. The van der Waals surface area contributed by atoms with Crippen molar-refractivity contribution >= 4 is 0 Å². The molecule has 1 rings (SSSR count). The van der Waals surface area contributed by atoms with Crippen LogP contribution in [0.2, 0.25) is 0 Å². The lowest BCUT2D eigenvalue weighted by Crippen LogP contribution is -2.37. The maximum absolute atomic E-state index is 2.63. The van der Waals surface area contributed by atoms with Crippen molar-refractivity contribution in [3.05, 3.63) is 18.2 Å². The Morgan fingerprint density at radius 1 is 0.415 bits per heavy atom. The van der Waals surface area contributed by atoms with Crippen molar-refractivity contribution in [1.82, 2.24) is 4.57 Å². The Morgan fingerprint density at radius 2 is 0.756 bits per heavy atom. The van der Waals surface area contributed by atoms with Gasteiger partial charge in [0.05, 0.1) is 13.1 Å². The molecule has 0 saturated heterocycles. The second kappa shape index (κ2) is 30.7. The lowest BCUT2D eigenvalue weighted by molar-refractivity contribution is -0.704. The highest BCUT2D eigenvalue weighted by atomic mass is 15.1. The molecular formula is C39H77N2+. The molecule has 242 valence electrons. The number of aromatic nitrogens is 2. The number of aryl methyl sites for hydroxylation is 2. The van der Waals surface area contributed by atoms with Gasteiger partial charge in [0.25, 0.3) is 5.82 Å². The number of nitrogens with zero attached hydrogens (tertiary/aromatic N) is 2. The molecule has 0 spiro atoms. The van der Waals surface area contributed by atoms with Crippen LogP contribution in [-0.2, 0) is 19.5 Å². The number of imidazole rings is 1. The molecule has 1 heterocycles. The van der Waals surface area contributed by atoms with E-state index in [1.54, 1.807) is 5.82 Å². The van der Waals surface area contributed by atoms with Gasteiger partial charge in [-0.15, -0.1) is 0 Å². The molecule has 0 amide bonds. The number of hydrogen-bond acceptors (Lipinski definition) is 0. The van der Waals surface area contributed by atoms with Gasteiger partial charge in [-0.25, -0.2) is 9.13 Å². The SMILES string of the molecule is CCCCCCCCCCCCCCCCn1cc[n+](CCCCCCCCC)c1CCCCCCCCCCC. The summed E-state index contributed by atoms with van der Waals surface area (Å²) in [5.41, 5.74) is 0. The van der Waals surface area contributed by atoms with Crippen LogP contribution in [0, 0.1) is 0 Å². The fraction of sp³-hybridized carbons (Fsp3) is 0.923. The van der Waals surface area contributed by atoms with Gasteiger partial charge in [0, 0.05) is 6.42 Å². The minimum Gasteiger partial charge on any atom is -0.234 e. The Kier molecular flexibility index (Phi) is 28.6. The summed E-state index contributed by atoms with van der Waals surface area (Å²) in [6, 6.07) is 0. The van der Waals surface area contributed by atoms with Gasteiger partial charge in [0.1, 0.15) is 12.4 Å². The average molecular weight is 574 g/mol. The first-order valence-electron chi connectivity index (χ1n) is 19.4. The van der Waals surface area contributed by atoms with Gasteiger partial charge < -0.3 is 0 Å². The summed E-state index contributed by atoms with van der Waals surface area (Å²) in [7, 11) is 0. The average Bonchev–Trinajstić information content (AvgIpc) is 3.37. The molecule has 0 radical (unpaired) electrons. The molecule has 0 atom stereocenters. The van der Waals surface area contributed by atoms with E-state index in [1.165, 1.54) is 212 Å². The topological polar surface area (TPSA) is 8.81 Å². The summed E-state index contributed by atoms with van der Waals surface area (Å²) in [6.45, 7) is 9.40. The van der Waals surface area contributed by atoms with Crippen molar-refractivity contribution in [1.29, 1.82) is 0 Å². The third-order valence-corrected chi connectivity index (χ3v) is 9.35. The zero-order valence-corrected chi connectivity index (χ0v) is 28.9. The largest absolute Gasteiger partial charge is 0.256 e. The van der Waals surface area contributed by atoms with Crippen LogP contribution in [0.25, 0.3) is 0 Å². The molecule has 41 heavy (non-hydrogen) atoms. The summed E-state index contributed by atoms with van der Waals surface area (Å²) in [6.07, 6.45) is 48.9. The first kappa shape index (κ1) is 38.2. The predicted octanol–water partition coefficient (Wildman–Crippen LogP) is 13.1. The van der Waals surface area contributed by atoms with E-state index in [4.69, 9.17) is 0 Å². The molecular weight excluding hydrogens is 496 g/mol. The van der Waals surface area contributed by atoms with E-state index in [-0.39, 0.29) is 0 Å². The van der Waals surface area contributed by atoms with Crippen LogP contribution in [0.15, 0.2) is 12.4 Å². The lowest BCUT2D eigenvalue weighted by Gasteiger charge is -2.07. The lowest BCUT2D eigenvalue weighted by atomic mass is 10.0. The molecule has 1 aromatic heterocycles. The normalized spacial score (nSPS) is 11.6. The van der Waals surface area contributed by atoms with Crippen LogP contribution in [0.1, 0.15) is 219 Å². The molecule has 0 aromatic carbocycles. The van der Waals surface area contributed by atoms with E-state index in [9.17, 15) is 0 Å². The van der Waals surface area contributed by atoms with Crippen LogP contribution in [0.5, 0.6) is 0 Å². The maximum Gasteiger partial charge on any atom is 0.256 e. The first-order valence-corrected chi connectivity index (χ1v) is 19.4. The summed E-state index contributed by atoms with van der Waals surface area (Å²) in [4.78, 5) is 0. The van der Waals surface area contributed by atoms with Crippen LogP contribution in [-0.4, -0.2) is 4.57 Å². The van der Waals surface area contributed by atoms with Crippen LogP contribution >= 0.6 is 0 Å². The summed E-state index contributed by atoms with van der Waals surface area (Å²) in [5, 5.41) is 0. The monoisotopic (exact) mass is 574 g/mol. The maximum atomic E-state index is 2.63. The smallest absolute Gasteiger partial charge is 0.234 e. The van der Waals surface area contributed by atoms with Crippen molar-refractivity contribution in [3.8, 4) is 0 Å². The second-order valence-electron chi connectivity index (χ2n) is 13.4. The van der Waals surface area contributed by atoms with Crippen LogP contribution in [0.4, 0.5) is 0 Å². The molecule has 2 nitrogen and oxygen atoms in total. The minimum atomic E-state index is 1.23. The molecule has 2 heteroatoms. The van der Waals surface area contributed by atoms with Crippen molar-refractivity contribution in [2.45, 2.75) is 233 Å². The number of rotatable bonds is 33. The highest BCUT2D eigenvalue weighted by molar-refractivity contribution is 4.84. The minimum absolute atomic E-state index is 1.23. The van der Waals surface area contributed by atoms with E-state index < -0.39 is 0 Å². The van der Waals surface area contributed by atoms with E-state index in [2.05, 4.69) is 42.3 Å². The standard InChI is InChI=1S/C39H77N2/c1-4-7-10-13-16-18-19-20-21-22-24-27-30-33-36-41-38-37-40(35-32-29-26-15-12-9-6-3)39(41)34-31-28-25-23-17-14-11-8-5-2/h37-38H,4-36H2,1-3H3/q+1. The van der Waals surface area contributed by atoms with Gasteiger partial charge in [-0.3, -0.25) is 0 Å².